The van der Waals surface area contributed by atoms with E-state index in [0.29, 0.717) is 12.2 Å². The molecule has 0 saturated carbocycles. The van der Waals surface area contributed by atoms with Gasteiger partial charge in [-0.2, -0.15) is 8.78 Å². The second kappa shape index (κ2) is 6.58. The number of rotatable bonds is 6. The van der Waals surface area contributed by atoms with Crippen LogP contribution in [-0.4, -0.2) is 33.7 Å². The Hall–Kier alpha value is -1.54. The van der Waals surface area contributed by atoms with Gasteiger partial charge in [0.25, 0.3) is 0 Å². The third kappa shape index (κ3) is 4.25. The number of carbonyl (C=O) groups excluding carboxylic acids is 1. The topological polar surface area (TPSA) is 75.3 Å². The van der Waals surface area contributed by atoms with Crippen molar-refractivity contribution in [3.63, 3.8) is 0 Å². The largest absolute Gasteiger partial charge is 0.341 e. The highest BCUT2D eigenvalue weighted by Crippen LogP contribution is 2.20. The average Bonchev–Trinajstić information content (AvgIpc) is 2.36. The lowest BCUT2D eigenvalue weighted by Gasteiger charge is -2.07. The van der Waals surface area contributed by atoms with Gasteiger partial charge in [-0.05, 0) is 31.3 Å². The Bertz CT molecular complexity index is 529. The number of anilines is 1. The number of amides is 1. The van der Waals surface area contributed by atoms with Gasteiger partial charge in [-0.3, -0.25) is 4.79 Å². The van der Waals surface area contributed by atoms with E-state index in [4.69, 9.17) is 0 Å². The zero-order chi connectivity index (χ0) is 14.5. The van der Waals surface area contributed by atoms with E-state index in [-0.39, 0.29) is 12.3 Å². The Balaban J connectivity index is 2.75. The van der Waals surface area contributed by atoms with Gasteiger partial charge in [0, 0.05) is 18.7 Å². The molecular formula is C11H14F2N2O3S. The van der Waals surface area contributed by atoms with Crippen LogP contribution in [0.5, 0.6) is 0 Å². The average molecular weight is 292 g/mol. The van der Waals surface area contributed by atoms with E-state index in [1.165, 1.54) is 12.1 Å². The first-order valence-corrected chi connectivity index (χ1v) is 6.99. The van der Waals surface area contributed by atoms with Gasteiger partial charge in [-0.25, -0.2) is 8.42 Å². The molecule has 0 fully saturated rings. The van der Waals surface area contributed by atoms with E-state index in [1.807, 2.05) is 0 Å². The van der Waals surface area contributed by atoms with Gasteiger partial charge >= 0.3 is 5.76 Å². The summed E-state index contributed by atoms with van der Waals surface area (Å²) in [6.07, 6.45) is 0.258. The molecule has 1 aromatic carbocycles. The summed E-state index contributed by atoms with van der Waals surface area (Å²) in [5, 5.41) is 5.33. The summed E-state index contributed by atoms with van der Waals surface area (Å²) in [6.45, 7) is 0.504. The van der Waals surface area contributed by atoms with E-state index in [1.54, 1.807) is 7.05 Å². The van der Waals surface area contributed by atoms with Crippen molar-refractivity contribution in [2.75, 3.05) is 18.9 Å². The molecule has 19 heavy (non-hydrogen) atoms. The summed E-state index contributed by atoms with van der Waals surface area (Å²) in [5.41, 5.74) is 0.356. The Morgan fingerprint density at radius 2 is 1.84 bits per heavy atom. The molecule has 0 saturated heterocycles. The second-order valence-electron chi connectivity index (χ2n) is 3.73. The first-order valence-electron chi connectivity index (χ1n) is 5.44. The van der Waals surface area contributed by atoms with Gasteiger partial charge in [0.1, 0.15) is 0 Å². The van der Waals surface area contributed by atoms with Crippen molar-refractivity contribution in [1.82, 2.24) is 5.32 Å². The van der Waals surface area contributed by atoms with E-state index in [2.05, 4.69) is 10.6 Å². The molecule has 0 radical (unpaired) electrons. The molecule has 1 rings (SSSR count). The van der Waals surface area contributed by atoms with Crippen molar-refractivity contribution in [2.45, 2.75) is 17.1 Å². The van der Waals surface area contributed by atoms with E-state index in [0.717, 1.165) is 12.1 Å². The highest BCUT2D eigenvalue weighted by molar-refractivity contribution is 7.91. The van der Waals surface area contributed by atoms with Crippen LogP contribution in [-0.2, 0) is 14.6 Å². The van der Waals surface area contributed by atoms with Crippen molar-refractivity contribution >= 4 is 21.4 Å². The molecule has 0 spiro atoms. The number of hydrogen-bond acceptors (Lipinski definition) is 4. The lowest BCUT2D eigenvalue weighted by atomic mass is 10.3. The van der Waals surface area contributed by atoms with Crippen molar-refractivity contribution in [1.29, 1.82) is 0 Å². The van der Waals surface area contributed by atoms with E-state index in [9.17, 15) is 22.0 Å². The van der Waals surface area contributed by atoms with Crippen LogP contribution in [0.3, 0.4) is 0 Å². The van der Waals surface area contributed by atoms with Crippen LogP contribution in [0.1, 0.15) is 6.42 Å². The second-order valence-corrected chi connectivity index (χ2v) is 5.65. The van der Waals surface area contributed by atoms with Crippen molar-refractivity contribution < 1.29 is 22.0 Å². The summed E-state index contributed by atoms with van der Waals surface area (Å²) < 4.78 is 46.9. The van der Waals surface area contributed by atoms with Gasteiger partial charge in [-0.15, -0.1) is 0 Å². The third-order valence-corrected chi connectivity index (χ3v) is 3.70. The van der Waals surface area contributed by atoms with Gasteiger partial charge in [0.05, 0.1) is 4.90 Å². The minimum atomic E-state index is -4.59. The van der Waals surface area contributed by atoms with Crippen LogP contribution >= 0.6 is 0 Å². The highest BCUT2D eigenvalue weighted by atomic mass is 32.2. The number of alkyl halides is 2. The van der Waals surface area contributed by atoms with Crippen LogP contribution in [0.4, 0.5) is 14.5 Å². The minimum absolute atomic E-state index is 0.251. The number of carbonyl (C=O) groups is 1. The standard InChI is InChI=1S/C11H14F2N2O3S/c1-14-7-6-10(16)15-8-2-4-9(5-3-8)19(17,18)11(12)13/h2-5,11,14H,6-7H2,1H3,(H,15,16). The van der Waals surface area contributed by atoms with Gasteiger partial charge in [0.15, 0.2) is 0 Å². The maximum atomic E-state index is 12.3. The first-order chi connectivity index (χ1) is 8.87. The maximum Gasteiger partial charge on any atom is 0.341 e. The van der Waals surface area contributed by atoms with Crippen LogP contribution in [0.25, 0.3) is 0 Å². The fraction of sp³-hybridized carbons (Fsp3) is 0.364. The number of sulfone groups is 1. The zero-order valence-corrected chi connectivity index (χ0v) is 11.0. The molecule has 0 heterocycles. The number of hydrogen-bond donors (Lipinski definition) is 2. The Morgan fingerprint density at radius 3 is 2.32 bits per heavy atom. The van der Waals surface area contributed by atoms with Crippen LogP contribution in [0.2, 0.25) is 0 Å². The Labute approximate surface area is 109 Å². The van der Waals surface area contributed by atoms with Crippen LogP contribution < -0.4 is 10.6 Å². The Morgan fingerprint density at radius 1 is 1.26 bits per heavy atom. The highest BCUT2D eigenvalue weighted by Gasteiger charge is 2.26. The molecule has 0 aliphatic heterocycles. The van der Waals surface area contributed by atoms with Crippen molar-refractivity contribution in [3.8, 4) is 0 Å². The molecule has 106 valence electrons. The van der Waals surface area contributed by atoms with Crippen LogP contribution in [0, 0.1) is 0 Å². The number of halogens is 2. The monoisotopic (exact) mass is 292 g/mol. The fourth-order valence-electron chi connectivity index (χ4n) is 1.29. The Kier molecular flexibility index (Phi) is 5.37. The molecule has 2 N–H and O–H groups in total. The first kappa shape index (κ1) is 15.5. The van der Waals surface area contributed by atoms with E-state index < -0.39 is 20.5 Å². The number of nitrogens with one attached hydrogen (secondary N) is 2. The SMILES string of the molecule is CNCCC(=O)Nc1ccc(S(=O)(=O)C(F)F)cc1. The molecule has 8 heteroatoms. The molecule has 0 bridgehead atoms. The number of benzene rings is 1. The smallest absolute Gasteiger partial charge is 0.326 e. The molecule has 5 nitrogen and oxygen atoms in total. The predicted molar refractivity (Wildman–Crippen MR) is 66.8 cm³/mol. The fourth-order valence-corrected chi connectivity index (χ4v) is 2.01. The van der Waals surface area contributed by atoms with Gasteiger partial charge in [0.2, 0.25) is 15.7 Å². The minimum Gasteiger partial charge on any atom is -0.326 e. The normalized spacial score (nSPS) is 11.6. The quantitative estimate of drug-likeness (QED) is 0.827. The van der Waals surface area contributed by atoms with Gasteiger partial charge < -0.3 is 10.6 Å². The van der Waals surface area contributed by atoms with Crippen molar-refractivity contribution in [2.24, 2.45) is 0 Å². The van der Waals surface area contributed by atoms with E-state index >= 15 is 0 Å². The summed E-state index contributed by atoms with van der Waals surface area (Å²) >= 11 is 0. The summed E-state index contributed by atoms with van der Waals surface area (Å²) in [6, 6.07) is 4.61. The lowest BCUT2D eigenvalue weighted by molar-refractivity contribution is -0.116. The molecule has 0 aromatic heterocycles. The third-order valence-electron chi connectivity index (χ3n) is 2.30. The molecular weight excluding hydrogens is 278 g/mol. The molecule has 1 amide bonds. The predicted octanol–water partition coefficient (Wildman–Crippen LogP) is 1.23. The maximum absolute atomic E-state index is 12.3. The summed E-state index contributed by atoms with van der Waals surface area (Å²) in [4.78, 5) is 10.9. The molecule has 0 atom stereocenters. The van der Waals surface area contributed by atoms with Crippen LogP contribution in [0.15, 0.2) is 29.2 Å². The summed E-state index contributed by atoms with van der Waals surface area (Å²) in [7, 11) is -2.89. The zero-order valence-electron chi connectivity index (χ0n) is 10.2. The summed E-state index contributed by atoms with van der Waals surface area (Å²) in [5.74, 6) is -3.71. The lowest BCUT2D eigenvalue weighted by Crippen LogP contribution is -2.18. The molecule has 0 aliphatic rings. The molecule has 0 aliphatic carbocycles. The molecule has 1 aromatic rings. The molecule has 0 unspecified atom stereocenters. The van der Waals surface area contributed by atoms with Crippen molar-refractivity contribution in [3.05, 3.63) is 24.3 Å². The van der Waals surface area contributed by atoms with Gasteiger partial charge in [-0.1, -0.05) is 0 Å².